The Hall–Kier alpha value is -1.92. The van der Waals surface area contributed by atoms with Gasteiger partial charge in [0.25, 0.3) is 0 Å². The first-order chi connectivity index (χ1) is 9.40. The molecule has 0 atom stereocenters. The van der Waals surface area contributed by atoms with Gasteiger partial charge in [0.2, 0.25) is 10.0 Å². The molecule has 2 rings (SSSR count). The Morgan fingerprint density at radius 1 is 1.20 bits per heavy atom. The average Bonchev–Trinajstić information content (AvgIpc) is 2.42. The Bertz CT molecular complexity index is 715. The number of halogens is 1. The summed E-state index contributed by atoms with van der Waals surface area (Å²) < 4.78 is 40.5. The van der Waals surface area contributed by atoms with E-state index in [4.69, 9.17) is 5.73 Å². The first-order valence-corrected chi connectivity index (χ1v) is 7.47. The van der Waals surface area contributed by atoms with Crippen LogP contribution in [-0.4, -0.2) is 8.42 Å². The van der Waals surface area contributed by atoms with E-state index in [-0.39, 0.29) is 17.8 Å². The monoisotopic (exact) mass is 294 g/mol. The van der Waals surface area contributed by atoms with E-state index in [9.17, 15) is 12.8 Å². The maximum Gasteiger partial charge on any atom is 0.243 e. The van der Waals surface area contributed by atoms with Gasteiger partial charge < -0.3 is 5.73 Å². The minimum atomic E-state index is -3.94. The summed E-state index contributed by atoms with van der Waals surface area (Å²) in [6.07, 6.45) is 0. The van der Waals surface area contributed by atoms with Gasteiger partial charge in [0.15, 0.2) is 0 Å². The van der Waals surface area contributed by atoms with Crippen molar-refractivity contribution in [2.45, 2.75) is 18.4 Å². The second-order valence-electron chi connectivity index (χ2n) is 4.46. The zero-order valence-electron chi connectivity index (χ0n) is 10.9. The summed E-state index contributed by atoms with van der Waals surface area (Å²) in [5.41, 5.74) is 6.77. The predicted molar refractivity (Wildman–Crippen MR) is 76.0 cm³/mol. The van der Waals surface area contributed by atoms with E-state index < -0.39 is 20.7 Å². The molecule has 0 aliphatic heterocycles. The van der Waals surface area contributed by atoms with Crippen LogP contribution in [0.2, 0.25) is 0 Å². The average molecular weight is 294 g/mol. The van der Waals surface area contributed by atoms with Crippen LogP contribution in [-0.2, 0) is 16.6 Å². The first-order valence-electron chi connectivity index (χ1n) is 5.99. The summed E-state index contributed by atoms with van der Waals surface area (Å²) in [6, 6.07) is 11.5. The van der Waals surface area contributed by atoms with Gasteiger partial charge in [-0.15, -0.1) is 0 Å². The fourth-order valence-corrected chi connectivity index (χ4v) is 3.01. The number of nitrogens with one attached hydrogen (secondary N) is 1. The third-order valence-electron chi connectivity index (χ3n) is 2.84. The minimum absolute atomic E-state index is 0.0937. The van der Waals surface area contributed by atoms with Crippen molar-refractivity contribution in [3.63, 3.8) is 0 Å². The molecule has 0 spiro atoms. The Morgan fingerprint density at radius 3 is 2.50 bits per heavy atom. The van der Waals surface area contributed by atoms with Gasteiger partial charge in [-0.2, -0.15) is 0 Å². The number of benzene rings is 2. The van der Waals surface area contributed by atoms with E-state index in [2.05, 4.69) is 4.72 Å². The molecule has 0 aromatic heterocycles. The Balaban J connectivity index is 2.27. The quantitative estimate of drug-likeness (QED) is 0.849. The lowest BCUT2D eigenvalue weighted by molar-refractivity contribution is 0.553. The van der Waals surface area contributed by atoms with Crippen molar-refractivity contribution >= 4 is 15.7 Å². The molecular weight excluding hydrogens is 279 g/mol. The zero-order valence-corrected chi connectivity index (χ0v) is 11.7. The summed E-state index contributed by atoms with van der Waals surface area (Å²) >= 11 is 0. The van der Waals surface area contributed by atoms with E-state index in [1.165, 1.54) is 13.0 Å². The molecule has 0 unspecified atom stereocenters. The van der Waals surface area contributed by atoms with Gasteiger partial charge in [0, 0.05) is 12.2 Å². The molecule has 0 saturated carbocycles. The van der Waals surface area contributed by atoms with Gasteiger partial charge in [0.1, 0.15) is 10.7 Å². The van der Waals surface area contributed by atoms with Crippen LogP contribution in [0, 0.1) is 12.7 Å². The number of hydrogen-bond donors (Lipinski definition) is 2. The molecular formula is C14H15FN2O2S. The van der Waals surface area contributed by atoms with Crippen LogP contribution in [0.1, 0.15) is 11.1 Å². The van der Waals surface area contributed by atoms with Gasteiger partial charge in [-0.05, 0) is 30.2 Å². The van der Waals surface area contributed by atoms with Crippen molar-refractivity contribution in [2.24, 2.45) is 0 Å². The van der Waals surface area contributed by atoms with Crippen LogP contribution < -0.4 is 10.5 Å². The van der Waals surface area contributed by atoms with Gasteiger partial charge in [0.05, 0.1) is 0 Å². The van der Waals surface area contributed by atoms with E-state index in [0.29, 0.717) is 0 Å². The van der Waals surface area contributed by atoms with Crippen molar-refractivity contribution in [2.75, 3.05) is 5.73 Å². The highest BCUT2D eigenvalue weighted by molar-refractivity contribution is 7.89. The fourth-order valence-electron chi connectivity index (χ4n) is 1.81. The van der Waals surface area contributed by atoms with Crippen LogP contribution >= 0.6 is 0 Å². The number of nitrogen functional groups attached to an aromatic ring is 1. The van der Waals surface area contributed by atoms with E-state index in [0.717, 1.165) is 11.6 Å². The molecule has 0 amide bonds. The highest BCUT2D eigenvalue weighted by Gasteiger charge is 2.20. The first kappa shape index (κ1) is 14.5. The van der Waals surface area contributed by atoms with Crippen molar-refractivity contribution in [3.05, 3.63) is 59.4 Å². The molecule has 20 heavy (non-hydrogen) atoms. The summed E-state index contributed by atoms with van der Waals surface area (Å²) in [5.74, 6) is -0.778. The highest BCUT2D eigenvalue weighted by Crippen LogP contribution is 2.21. The highest BCUT2D eigenvalue weighted by atomic mass is 32.2. The van der Waals surface area contributed by atoms with Gasteiger partial charge >= 0.3 is 0 Å². The van der Waals surface area contributed by atoms with E-state index >= 15 is 0 Å². The maximum atomic E-state index is 13.9. The smallest absolute Gasteiger partial charge is 0.243 e. The summed E-state index contributed by atoms with van der Waals surface area (Å²) in [5, 5.41) is 0. The maximum absolute atomic E-state index is 13.9. The summed E-state index contributed by atoms with van der Waals surface area (Å²) in [4.78, 5) is -0.425. The van der Waals surface area contributed by atoms with Gasteiger partial charge in [-0.1, -0.05) is 30.3 Å². The van der Waals surface area contributed by atoms with Crippen LogP contribution in [0.25, 0.3) is 0 Å². The molecule has 0 aliphatic rings. The SMILES string of the molecule is Cc1cc(N)cc(S(=O)(=O)NCc2ccccc2)c1F. The number of nitrogens with two attached hydrogens (primary N) is 1. The molecule has 0 aliphatic carbocycles. The molecule has 0 radical (unpaired) electrons. The Morgan fingerprint density at radius 2 is 1.85 bits per heavy atom. The van der Waals surface area contributed by atoms with Crippen molar-refractivity contribution in [3.8, 4) is 0 Å². The second-order valence-corrected chi connectivity index (χ2v) is 6.20. The predicted octanol–water partition coefficient (Wildman–Crippen LogP) is 2.19. The number of aryl methyl sites for hydroxylation is 1. The Labute approximate surface area is 117 Å². The molecule has 0 bridgehead atoms. The summed E-state index contributed by atoms with van der Waals surface area (Å²) in [6.45, 7) is 1.57. The third-order valence-corrected chi connectivity index (χ3v) is 4.24. The van der Waals surface area contributed by atoms with Crippen LogP contribution in [0.15, 0.2) is 47.4 Å². The Kier molecular flexibility index (Phi) is 4.06. The molecule has 4 nitrogen and oxygen atoms in total. The molecule has 3 N–H and O–H groups in total. The lowest BCUT2D eigenvalue weighted by Gasteiger charge is -2.10. The van der Waals surface area contributed by atoms with E-state index in [1.807, 2.05) is 6.07 Å². The molecule has 0 heterocycles. The molecule has 0 fully saturated rings. The van der Waals surface area contributed by atoms with Crippen LogP contribution in [0.5, 0.6) is 0 Å². The minimum Gasteiger partial charge on any atom is -0.399 e. The van der Waals surface area contributed by atoms with Gasteiger partial charge in [-0.25, -0.2) is 17.5 Å². The number of rotatable bonds is 4. The molecule has 2 aromatic carbocycles. The standard InChI is InChI=1S/C14H15FN2O2S/c1-10-7-12(16)8-13(14(10)15)20(18,19)17-9-11-5-3-2-4-6-11/h2-8,17H,9,16H2,1H3. The fraction of sp³-hybridized carbons (Fsp3) is 0.143. The third kappa shape index (κ3) is 3.15. The number of anilines is 1. The largest absolute Gasteiger partial charge is 0.399 e. The lowest BCUT2D eigenvalue weighted by Crippen LogP contribution is -2.24. The lowest BCUT2D eigenvalue weighted by atomic mass is 10.2. The summed E-state index contributed by atoms with van der Waals surface area (Å²) in [7, 11) is -3.94. The van der Waals surface area contributed by atoms with E-state index in [1.54, 1.807) is 24.3 Å². The second kappa shape index (κ2) is 5.60. The van der Waals surface area contributed by atoms with Gasteiger partial charge in [-0.3, -0.25) is 0 Å². The molecule has 106 valence electrons. The molecule has 0 saturated heterocycles. The number of sulfonamides is 1. The number of hydrogen-bond acceptors (Lipinski definition) is 3. The zero-order chi connectivity index (χ0) is 14.8. The normalized spacial score (nSPS) is 11.5. The van der Waals surface area contributed by atoms with Crippen molar-refractivity contribution < 1.29 is 12.8 Å². The van der Waals surface area contributed by atoms with Crippen LogP contribution in [0.3, 0.4) is 0 Å². The topological polar surface area (TPSA) is 72.2 Å². The van der Waals surface area contributed by atoms with Crippen LogP contribution in [0.4, 0.5) is 10.1 Å². The van der Waals surface area contributed by atoms with Crippen molar-refractivity contribution in [1.29, 1.82) is 0 Å². The molecule has 2 aromatic rings. The van der Waals surface area contributed by atoms with Crippen molar-refractivity contribution in [1.82, 2.24) is 4.72 Å². The molecule has 6 heteroatoms.